The summed E-state index contributed by atoms with van der Waals surface area (Å²) >= 11 is 0. The maximum Gasteiger partial charge on any atom is 0.429 e. The summed E-state index contributed by atoms with van der Waals surface area (Å²) in [5.41, 5.74) is -1.28. The molecule has 0 unspecified atom stereocenters. The Kier molecular flexibility index (Phi) is 7.55. The van der Waals surface area contributed by atoms with E-state index in [1.54, 1.807) is 0 Å². The van der Waals surface area contributed by atoms with Gasteiger partial charge in [0, 0.05) is 12.1 Å². The van der Waals surface area contributed by atoms with Crippen molar-refractivity contribution in [2.24, 2.45) is 5.92 Å². The van der Waals surface area contributed by atoms with Gasteiger partial charge in [0.25, 0.3) is 0 Å². The van der Waals surface area contributed by atoms with Crippen LogP contribution in [-0.4, -0.2) is 0 Å². The van der Waals surface area contributed by atoms with Crippen LogP contribution in [0.1, 0.15) is 68.1 Å². The number of nitriles is 1. The lowest BCUT2D eigenvalue weighted by Gasteiger charge is -2.28. The average Bonchev–Trinajstić information content (AvgIpc) is 2.73. The molecular weight excluding hydrogens is 425 g/mol. The summed E-state index contributed by atoms with van der Waals surface area (Å²) in [6.07, 6.45) is 5.92. The Balaban J connectivity index is 1.71. The van der Waals surface area contributed by atoms with E-state index in [0.29, 0.717) is 23.6 Å². The number of hydrogen-bond acceptors (Lipinski definition) is 2. The molecule has 32 heavy (non-hydrogen) atoms. The normalized spacial score (nSPS) is 19.2. The summed E-state index contributed by atoms with van der Waals surface area (Å²) in [6, 6.07) is 5.73. The van der Waals surface area contributed by atoms with Gasteiger partial charge in [-0.1, -0.05) is 25.1 Å². The fourth-order valence-electron chi connectivity index (χ4n) is 4.13. The highest BCUT2D eigenvalue weighted by atomic mass is 19.3. The first-order valence-electron chi connectivity index (χ1n) is 10.7. The van der Waals surface area contributed by atoms with E-state index in [-0.39, 0.29) is 5.92 Å². The maximum atomic E-state index is 14.6. The molecule has 1 fully saturated rings. The summed E-state index contributed by atoms with van der Waals surface area (Å²) in [4.78, 5) is 0. The maximum absolute atomic E-state index is 14.6. The minimum Gasteiger partial charge on any atom is -0.429 e. The molecule has 0 saturated heterocycles. The van der Waals surface area contributed by atoms with Crippen LogP contribution in [0, 0.1) is 34.7 Å². The Morgan fingerprint density at radius 2 is 1.66 bits per heavy atom. The summed E-state index contributed by atoms with van der Waals surface area (Å²) in [5.74, 6) is -3.98. The smallest absolute Gasteiger partial charge is 0.429 e. The number of nitrogens with zero attached hydrogens (tertiary/aromatic N) is 1. The zero-order valence-corrected chi connectivity index (χ0v) is 17.7. The predicted molar refractivity (Wildman–Crippen MR) is 111 cm³/mol. The minimum absolute atomic E-state index is 0.0983. The van der Waals surface area contributed by atoms with Gasteiger partial charge in [-0.05, 0) is 68.1 Å². The fraction of sp³-hybridized carbons (Fsp3) is 0.400. The van der Waals surface area contributed by atoms with Crippen molar-refractivity contribution in [3.8, 4) is 11.8 Å². The molecule has 0 aromatic heterocycles. The molecule has 0 N–H and O–H groups in total. The van der Waals surface area contributed by atoms with E-state index in [0.717, 1.165) is 50.7 Å². The molecule has 0 heterocycles. The molecule has 0 aliphatic heterocycles. The van der Waals surface area contributed by atoms with Crippen LogP contribution < -0.4 is 4.74 Å². The fourth-order valence-corrected chi connectivity index (χ4v) is 4.13. The minimum atomic E-state index is -4.15. The van der Waals surface area contributed by atoms with Crippen LogP contribution in [-0.2, 0) is 6.11 Å². The molecule has 2 nitrogen and oxygen atoms in total. The number of alkyl halides is 2. The van der Waals surface area contributed by atoms with E-state index in [4.69, 9.17) is 5.26 Å². The van der Waals surface area contributed by atoms with Crippen LogP contribution in [0.25, 0.3) is 0 Å². The Hall–Kier alpha value is -2.88. The third-order valence-electron chi connectivity index (χ3n) is 5.87. The predicted octanol–water partition coefficient (Wildman–Crippen LogP) is 7.73. The topological polar surface area (TPSA) is 33.0 Å². The number of ether oxygens (including phenoxy) is 1. The summed E-state index contributed by atoms with van der Waals surface area (Å²) in [6.45, 7) is 2.08. The summed E-state index contributed by atoms with van der Waals surface area (Å²) in [5, 5.41) is 8.66. The van der Waals surface area contributed by atoms with Gasteiger partial charge in [0.15, 0.2) is 0 Å². The van der Waals surface area contributed by atoms with Crippen LogP contribution >= 0.6 is 0 Å². The highest BCUT2D eigenvalue weighted by molar-refractivity contribution is 5.38. The highest BCUT2D eigenvalue weighted by Gasteiger charge is 2.38. The third-order valence-corrected chi connectivity index (χ3v) is 5.87. The number of hydrogen-bond donors (Lipinski definition) is 0. The Bertz CT molecular complexity index is 996. The first-order valence-corrected chi connectivity index (χ1v) is 10.7. The lowest BCUT2D eigenvalue weighted by molar-refractivity contribution is -0.187. The quantitative estimate of drug-likeness (QED) is 0.320. The molecule has 0 amide bonds. The van der Waals surface area contributed by atoms with Gasteiger partial charge < -0.3 is 4.74 Å². The number of allylic oxidation sites excluding steroid dienone is 2. The van der Waals surface area contributed by atoms with Crippen molar-refractivity contribution in [2.45, 2.75) is 57.5 Å². The Morgan fingerprint density at radius 1 is 1.00 bits per heavy atom. The van der Waals surface area contributed by atoms with Gasteiger partial charge >= 0.3 is 6.11 Å². The van der Waals surface area contributed by atoms with E-state index < -0.39 is 40.4 Å². The summed E-state index contributed by atoms with van der Waals surface area (Å²) in [7, 11) is 0. The van der Waals surface area contributed by atoms with Gasteiger partial charge in [0.05, 0.1) is 5.56 Å². The third kappa shape index (κ3) is 5.48. The molecule has 1 aliphatic carbocycles. The van der Waals surface area contributed by atoms with Gasteiger partial charge in [-0.3, -0.25) is 0 Å². The van der Waals surface area contributed by atoms with Gasteiger partial charge in [-0.25, -0.2) is 13.2 Å². The average molecular weight is 449 g/mol. The van der Waals surface area contributed by atoms with Crippen molar-refractivity contribution in [3.63, 3.8) is 0 Å². The lowest BCUT2D eigenvalue weighted by Crippen LogP contribution is -2.24. The molecular formula is C25H24F5NO. The van der Waals surface area contributed by atoms with Gasteiger partial charge in [0.1, 0.15) is 34.8 Å². The molecule has 2 aromatic carbocycles. The van der Waals surface area contributed by atoms with Crippen LogP contribution in [0.2, 0.25) is 0 Å². The van der Waals surface area contributed by atoms with E-state index in [2.05, 4.69) is 23.8 Å². The summed E-state index contributed by atoms with van der Waals surface area (Å²) < 4.78 is 75.4. The van der Waals surface area contributed by atoms with E-state index in [1.165, 1.54) is 12.1 Å². The Labute approximate surface area is 184 Å². The second kappa shape index (κ2) is 10.2. The van der Waals surface area contributed by atoms with Gasteiger partial charge in [-0.2, -0.15) is 14.0 Å². The molecule has 1 aliphatic rings. The van der Waals surface area contributed by atoms with Crippen molar-refractivity contribution in [2.75, 3.05) is 0 Å². The van der Waals surface area contributed by atoms with Crippen LogP contribution in [0.3, 0.4) is 0 Å². The SMILES string of the molecule is CC/C=C/CC1CCC(c2ccc(C(F)(F)Oc3cc(F)c(C#N)c(F)c3)c(F)c2)CC1. The van der Waals surface area contributed by atoms with E-state index >= 15 is 0 Å². The van der Waals surface area contributed by atoms with E-state index in [9.17, 15) is 22.0 Å². The zero-order chi connectivity index (χ0) is 23.3. The number of benzene rings is 2. The molecule has 0 spiro atoms. The molecule has 0 atom stereocenters. The monoisotopic (exact) mass is 449 g/mol. The second-order valence-corrected chi connectivity index (χ2v) is 8.06. The zero-order valence-electron chi connectivity index (χ0n) is 17.7. The van der Waals surface area contributed by atoms with Gasteiger partial charge in [0.2, 0.25) is 0 Å². The first kappa shape index (κ1) is 23.8. The van der Waals surface area contributed by atoms with Crippen molar-refractivity contribution in [1.82, 2.24) is 0 Å². The van der Waals surface area contributed by atoms with Crippen molar-refractivity contribution in [3.05, 3.63) is 76.6 Å². The largest absolute Gasteiger partial charge is 0.429 e. The molecule has 3 rings (SSSR count). The van der Waals surface area contributed by atoms with Crippen LogP contribution in [0.4, 0.5) is 22.0 Å². The van der Waals surface area contributed by atoms with Crippen LogP contribution in [0.15, 0.2) is 42.5 Å². The molecule has 2 aromatic rings. The molecule has 1 saturated carbocycles. The van der Waals surface area contributed by atoms with Gasteiger partial charge in [-0.15, -0.1) is 0 Å². The van der Waals surface area contributed by atoms with Crippen molar-refractivity contribution < 1.29 is 26.7 Å². The molecule has 0 bridgehead atoms. The van der Waals surface area contributed by atoms with Crippen molar-refractivity contribution >= 4 is 0 Å². The molecule has 0 radical (unpaired) electrons. The Morgan fingerprint density at radius 3 is 2.22 bits per heavy atom. The molecule has 7 heteroatoms. The second-order valence-electron chi connectivity index (χ2n) is 8.06. The highest BCUT2D eigenvalue weighted by Crippen LogP contribution is 2.40. The van der Waals surface area contributed by atoms with Crippen molar-refractivity contribution in [1.29, 1.82) is 5.26 Å². The number of halogens is 5. The lowest BCUT2D eigenvalue weighted by atomic mass is 9.77. The number of rotatable bonds is 7. The first-order chi connectivity index (χ1) is 15.2. The molecule has 170 valence electrons. The standard InChI is InChI=1S/C25H24F5NO/c1-2-3-4-5-16-6-8-17(9-7-16)18-10-11-21(24(28)12-18)25(29,30)32-19-13-22(26)20(15-31)23(27)14-19/h3-4,10-14,16-17H,2,5-9H2,1H3/b4-3+. The van der Waals surface area contributed by atoms with Crippen LogP contribution in [0.5, 0.6) is 5.75 Å². The van der Waals surface area contributed by atoms with E-state index in [1.807, 2.05) is 0 Å².